The predicted octanol–water partition coefficient (Wildman–Crippen LogP) is 1.54. The highest BCUT2D eigenvalue weighted by Crippen LogP contribution is 2.04. The Kier molecular flexibility index (Phi) is 7.48. The van der Waals surface area contributed by atoms with Crippen molar-refractivity contribution in [2.24, 2.45) is 5.92 Å². The predicted molar refractivity (Wildman–Crippen MR) is 60.2 cm³/mol. The minimum absolute atomic E-state index is 0.0832. The van der Waals surface area contributed by atoms with Crippen LogP contribution in [-0.2, 0) is 4.79 Å². The molecule has 0 fully saturated rings. The number of hydrogen-bond donors (Lipinski definition) is 2. The van der Waals surface area contributed by atoms with Crippen LogP contribution in [0.4, 0.5) is 0 Å². The first-order chi connectivity index (χ1) is 6.57. The normalized spacial score (nSPS) is 12.9. The highest BCUT2D eigenvalue weighted by Gasteiger charge is 2.07. The first kappa shape index (κ1) is 13.4. The van der Waals surface area contributed by atoms with Crippen LogP contribution in [0.5, 0.6) is 0 Å². The molecule has 0 bridgehead atoms. The molecule has 0 heterocycles. The van der Waals surface area contributed by atoms with Gasteiger partial charge in [-0.2, -0.15) is 0 Å². The van der Waals surface area contributed by atoms with Crippen LogP contribution in [0.3, 0.4) is 0 Å². The fourth-order valence-corrected chi connectivity index (χ4v) is 1.17. The molecule has 14 heavy (non-hydrogen) atoms. The largest absolute Gasteiger partial charge is 0.355 e. The van der Waals surface area contributed by atoms with E-state index in [-0.39, 0.29) is 11.9 Å². The summed E-state index contributed by atoms with van der Waals surface area (Å²) in [5, 5.41) is 5.82. The average molecular weight is 200 g/mol. The lowest BCUT2D eigenvalue weighted by Gasteiger charge is -2.11. The van der Waals surface area contributed by atoms with Gasteiger partial charge in [-0.3, -0.25) is 4.79 Å². The van der Waals surface area contributed by atoms with Crippen LogP contribution in [-0.4, -0.2) is 25.5 Å². The lowest BCUT2D eigenvalue weighted by molar-refractivity contribution is -0.122. The van der Waals surface area contributed by atoms with Gasteiger partial charge in [0, 0.05) is 6.54 Å². The van der Waals surface area contributed by atoms with Crippen molar-refractivity contribution in [1.82, 2.24) is 10.6 Å². The first-order valence-corrected chi connectivity index (χ1v) is 5.53. The second-order valence-electron chi connectivity index (χ2n) is 4.19. The standard InChI is InChI=1S/C11H24N2O/c1-9(2)7-5-6-8-13-11(14)10(3)12-4/h9-10,12H,5-8H2,1-4H3,(H,13,14)/t10-/m0/s1. The Morgan fingerprint density at radius 1 is 1.21 bits per heavy atom. The van der Waals surface area contributed by atoms with Gasteiger partial charge in [0.2, 0.25) is 5.91 Å². The molecule has 3 heteroatoms. The van der Waals surface area contributed by atoms with Gasteiger partial charge >= 0.3 is 0 Å². The van der Waals surface area contributed by atoms with E-state index in [1.54, 1.807) is 7.05 Å². The molecule has 0 aliphatic carbocycles. The zero-order chi connectivity index (χ0) is 11.0. The summed E-state index contributed by atoms with van der Waals surface area (Å²) in [5.41, 5.74) is 0. The molecular weight excluding hydrogens is 176 g/mol. The Labute approximate surface area is 87.6 Å². The molecule has 1 atom stereocenters. The molecule has 84 valence electrons. The minimum atomic E-state index is -0.0832. The maximum absolute atomic E-state index is 11.3. The number of rotatable bonds is 7. The molecule has 0 aliphatic rings. The van der Waals surface area contributed by atoms with Crippen LogP contribution in [0, 0.1) is 5.92 Å². The maximum atomic E-state index is 11.3. The van der Waals surface area contributed by atoms with Gasteiger partial charge in [0.1, 0.15) is 0 Å². The van der Waals surface area contributed by atoms with Crippen LogP contribution in [0.15, 0.2) is 0 Å². The number of unbranched alkanes of at least 4 members (excludes halogenated alkanes) is 1. The number of carbonyl (C=O) groups excluding carboxylic acids is 1. The molecule has 0 aromatic heterocycles. The highest BCUT2D eigenvalue weighted by atomic mass is 16.2. The molecule has 0 unspecified atom stereocenters. The Bertz CT molecular complexity index is 157. The Balaban J connectivity index is 3.32. The zero-order valence-corrected chi connectivity index (χ0v) is 9.89. The van der Waals surface area contributed by atoms with E-state index in [0.29, 0.717) is 0 Å². The van der Waals surface area contributed by atoms with E-state index in [2.05, 4.69) is 24.5 Å². The number of hydrogen-bond acceptors (Lipinski definition) is 2. The topological polar surface area (TPSA) is 41.1 Å². The summed E-state index contributed by atoms with van der Waals surface area (Å²) in [6, 6.07) is -0.0832. The van der Waals surface area contributed by atoms with Crippen molar-refractivity contribution >= 4 is 5.91 Å². The molecular formula is C11H24N2O. The third-order valence-corrected chi connectivity index (χ3v) is 2.33. The lowest BCUT2D eigenvalue weighted by atomic mass is 10.1. The van der Waals surface area contributed by atoms with E-state index in [1.165, 1.54) is 12.8 Å². The molecule has 0 rings (SSSR count). The molecule has 0 aromatic carbocycles. The van der Waals surface area contributed by atoms with Crippen molar-refractivity contribution in [3.8, 4) is 0 Å². The van der Waals surface area contributed by atoms with Crippen LogP contribution >= 0.6 is 0 Å². The molecule has 0 saturated heterocycles. The van der Waals surface area contributed by atoms with Gasteiger partial charge in [0.15, 0.2) is 0 Å². The minimum Gasteiger partial charge on any atom is -0.355 e. The van der Waals surface area contributed by atoms with E-state index in [0.717, 1.165) is 18.9 Å². The molecule has 1 amide bonds. The van der Waals surface area contributed by atoms with E-state index in [1.807, 2.05) is 6.92 Å². The van der Waals surface area contributed by atoms with Gasteiger partial charge in [0.05, 0.1) is 6.04 Å². The third-order valence-electron chi connectivity index (χ3n) is 2.33. The van der Waals surface area contributed by atoms with E-state index >= 15 is 0 Å². The Hall–Kier alpha value is -0.570. The molecule has 2 N–H and O–H groups in total. The Morgan fingerprint density at radius 2 is 1.86 bits per heavy atom. The second-order valence-corrected chi connectivity index (χ2v) is 4.19. The van der Waals surface area contributed by atoms with Crippen LogP contribution in [0.25, 0.3) is 0 Å². The van der Waals surface area contributed by atoms with Gasteiger partial charge in [-0.25, -0.2) is 0 Å². The molecule has 0 saturated carbocycles. The van der Waals surface area contributed by atoms with E-state index in [9.17, 15) is 4.79 Å². The monoisotopic (exact) mass is 200 g/mol. The summed E-state index contributed by atoms with van der Waals surface area (Å²) >= 11 is 0. The van der Waals surface area contributed by atoms with Crippen molar-refractivity contribution < 1.29 is 4.79 Å². The van der Waals surface area contributed by atoms with Gasteiger partial charge in [0.25, 0.3) is 0 Å². The smallest absolute Gasteiger partial charge is 0.236 e. The lowest BCUT2D eigenvalue weighted by Crippen LogP contribution is -2.40. The summed E-state index contributed by atoms with van der Waals surface area (Å²) in [5.74, 6) is 0.860. The molecule has 0 spiro atoms. The summed E-state index contributed by atoms with van der Waals surface area (Å²) in [6.07, 6.45) is 3.53. The Morgan fingerprint density at radius 3 is 2.36 bits per heavy atom. The summed E-state index contributed by atoms with van der Waals surface area (Å²) < 4.78 is 0. The van der Waals surface area contributed by atoms with Gasteiger partial charge < -0.3 is 10.6 Å². The fourth-order valence-electron chi connectivity index (χ4n) is 1.17. The maximum Gasteiger partial charge on any atom is 0.236 e. The fraction of sp³-hybridized carbons (Fsp3) is 0.909. The van der Waals surface area contributed by atoms with Gasteiger partial charge in [-0.05, 0) is 26.3 Å². The number of amides is 1. The van der Waals surface area contributed by atoms with Crippen molar-refractivity contribution in [3.63, 3.8) is 0 Å². The van der Waals surface area contributed by atoms with Crippen molar-refractivity contribution in [1.29, 1.82) is 0 Å². The zero-order valence-electron chi connectivity index (χ0n) is 9.89. The van der Waals surface area contributed by atoms with Crippen LogP contribution in [0.1, 0.15) is 40.0 Å². The number of nitrogens with one attached hydrogen (secondary N) is 2. The van der Waals surface area contributed by atoms with E-state index in [4.69, 9.17) is 0 Å². The first-order valence-electron chi connectivity index (χ1n) is 5.53. The van der Waals surface area contributed by atoms with Crippen molar-refractivity contribution in [2.45, 2.75) is 46.1 Å². The summed E-state index contributed by atoms with van der Waals surface area (Å²) in [6.45, 7) is 7.12. The SMILES string of the molecule is CN[C@@H](C)C(=O)NCCCCC(C)C. The second kappa shape index (κ2) is 7.80. The van der Waals surface area contributed by atoms with Crippen LogP contribution < -0.4 is 10.6 Å². The van der Waals surface area contributed by atoms with Crippen molar-refractivity contribution in [3.05, 3.63) is 0 Å². The molecule has 0 radical (unpaired) electrons. The average Bonchev–Trinajstić information content (AvgIpc) is 2.15. The molecule has 3 nitrogen and oxygen atoms in total. The molecule has 0 aliphatic heterocycles. The molecule has 0 aromatic rings. The number of likely N-dealkylation sites (N-methyl/N-ethyl adjacent to an activating group) is 1. The number of carbonyl (C=O) groups is 1. The van der Waals surface area contributed by atoms with Crippen LogP contribution in [0.2, 0.25) is 0 Å². The van der Waals surface area contributed by atoms with E-state index < -0.39 is 0 Å². The van der Waals surface area contributed by atoms with Crippen molar-refractivity contribution in [2.75, 3.05) is 13.6 Å². The summed E-state index contributed by atoms with van der Waals surface area (Å²) in [7, 11) is 1.79. The quantitative estimate of drug-likeness (QED) is 0.612. The highest BCUT2D eigenvalue weighted by molar-refractivity contribution is 5.81. The van der Waals surface area contributed by atoms with Gasteiger partial charge in [-0.15, -0.1) is 0 Å². The summed E-state index contributed by atoms with van der Waals surface area (Å²) in [4.78, 5) is 11.3. The third kappa shape index (κ3) is 6.89. The van der Waals surface area contributed by atoms with Gasteiger partial charge in [-0.1, -0.05) is 26.7 Å².